The highest BCUT2D eigenvalue weighted by Crippen LogP contribution is 2.37. The molecule has 0 spiro atoms. The Morgan fingerprint density at radius 2 is 1.82 bits per heavy atom. The van der Waals surface area contributed by atoms with Gasteiger partial charge in [-0.25, -0.2) is 4.99 Å². The lowest BCUT2D eigenvalue weighted by atomic mass is 10.1. The van der Waals surface area contributed by atoms with Crippen LogP contribution in [0.4, 0.5) is 24.5 Å². The molecule has 1 heterocycles. The van der Waals surface area contributed by atoms with Gasteiger partial charge in [-0.3, -0.25) is 4.79 Å². The van der Waals surface area contributed by atoms with Crippen LogP contribution in [0.5, 0.6) is 0 Å². The molecule has 2 aromatic rings. The van der Waals surface area contributed by atoms with E-state index in [0.717, 1.165) is 11.6 Å². The number of aliphatic imine (C=N–C) groups is 1. The second-order valence-electron chi connectivity index (χ2n) is 4.98. The lowest BCUT2D eigenvalue weighted by Gasteiger charge is -2.09. The normalized spacial score (nSPS) is 15.8. The molecule has 0 fully saturated rings. The van der Waals surface area contributed by atoms with Gasteiger partial charge in [0, 0.05) is 5.56 Å². The number of rotatable bonds is 1. The summed E-state index contributed by atoms with van der Waals surface area (Å²) in [6.45, 7) is 1.84. The molecule has 0 bridgehead atoms. The summed E-state index contributed by atoms with van der Waals surface area (Å²) < 4.78 is 39.0. The van der Waals surface area contributed by atoms with Crippen LogP contribution in [0.25, 0.3) is 0 Å². The van der Waals surface area contributed by atoms with Gasteiger partial charge in [0.1, 0.15) is 5.71 Å². The zero-order valence-corrected chi connectivity index (χ0v) is 11.5. The Hall–Kier alpha value is -2.63. The summed E-state index contributed by atoms with van der Waals surface area (Å²) in [4.78, 5) is 16.0. The average Bonchev–Trinajstić information content (AvgIpc) is 2.74. The lowest BCUT2D eigenvalue weighted by molar-refractivity contribution is -0.137. The van der Waals surface area contributed by atoms with Gasteiger partial charge >= 0.3 is 6.18 Å². The second kappa shape index (κ2) is 4.98. The number of halogens is 3. The summed E-state index contributed by atoms with van der Waals surface area (Å²) >= 11 is 0. The van der Waals surface area contributed by atoms with Gasteiger partial charge < -0.3 is 5.32 Å². The van der Waals surface area contributed by atoms with E-state index < -0.39 is 17.6 Å². The molecule has 0 saturated carbocycles. The number of benzene rings is 2. The van der Waals surface area contributed by atoms with E-state index in [2.05, 4.69) is 10.3 Å². The van der Waals surface area contributed by atoms with Gasteiger partial charge in [-0.05, 0) is 31.2 Å². The number of carbonyl (C=O) groups excluding carboxylic acids is 1. The molecule has 0 saturated heterocycles. The minimum absolute atomic E-state index is 0.00426. The molecule has 0 atom stereocenters. The predicted octanol–water partition coefficient (Wildman–Crippen LogP) is 4.09. The number of carbonyl (C=O) groups is 1. The first-order chi connectivity index (χ1) is 10.4. The van der Waals surface area contributed by atoms with Crippen LogP contribution in [0.3, 0.4) is 0 Å². The molecule has 6 heteroatoms. The SMILES string of the molecule is Cc1ccc2c(c1)C(=Nc1ccccc1C(F)(F)F)C(=O)N2. The van der Waals surface area contributed by atoms with E-state index >= 15 is 0 Å². The third-order valence-corrected chi connectivity index (χ3v) is 3.34. The summed E-state index contributed by atoms with van der Waals surface area (Å²) in [7, 11) is 0. The molecule has 0 radical (unpaired) electrons. The summed E-state index contributed by atoms with van der Waals surface area (Å²) in [5.74, 6) is -0.502. The Kier molecular flexibility index (Phi) is 3.24. The van der Waals surface area contributed by atoms with Crippen LogP contribution in [0, 0.1) is 6.92 Å². The lowest BCUT2D eigenvalue weighted by Crippen LogP contribution is -2.14. The van der Waals surface area contributed by atoms with Crippen molar-refractivity contribution in [2.24, 2.45) is 4.99 Å². The molecule has 3 nitrogen and oxygen atoms in total. The minimum atomic E-state index is -4.52. The van der Waals surface area contributed by atoms with E-state index in [9.17, 15) is 18.0 Å². The summed E-state index contributed by atoms with van der Waals surface area (Å²) in [5, 5.41) is 2.60. The largest absolute Gasteiger partial charge is 0.418 e. The second-order valence-corrected chi connectivity index (χ2v) is 4.98. The summed E-state index contributed by atoms with van der Waals surface area (Å²) in [6.07, 6.45) is -4.52. The first kappa shape index (κ1) is 14.3. The number of fused-ring (bicyclic) bond motifs is 1. The van der Waals surface area contributed by atoms with Crippen molar-refractivity contribution in [1.29, 1.82) is 0 Å². The minimum Gasteiger partial charge on any atom is -0.320 e. The fourth-order valence-corrected chi connectivity index (χ4v) is 2.31. The Balaban J connectivity index is 2.15. The molecule has 1 aliphatic heterocycles. The van der Waals surface area contributed by atoms with Gasteiger partial charge in [-0.15, -0.1) is 0 Å². The van der Waals surface area contributed by atoms with Gasteiger partial charge in [0.05, 0.1) is 16.9 Å². The third kappa shape index (κ3) is 2.47. The van der Waals surface area contributed by atoms with E-state index in [1.165, 1.54) is 18.2 Å². The van der Waals surface area contributed by atoms with Crippen LogP contribution >= 0.6 is 0 Å². The van der Waals surface area contributed by atoms with Crippen molar-refractivity contribution in [3.05, 3.63) is 59.2 Å². The average molecular weight is 304 g/mol. The third-order valence-electron chi connectivity index (χ3n) is 3.34. The molecule has 1 amide bonds. The van der Waals surface area contributed by atoms with Crippen LogP contribution in [0.2, 0.25) is 0 Å². The van der Waals surface area contributed by atoms with Crippen molar-refractivity contribution in [2.75, 3.05) is 5.32 Å². The number of nitrogens with zero attached hydrogens (tertiary/aromatic N) is 1. The fourth-order valence-electron chi connectivity index (χ4n) is 2.31. The molecular weight excluding hydrogens is 293 g/mol. The van der Waals surface area contributed by atoms with E-state index in [0.29, 0.717) is 11.3 Å². The highest BCUT2D eigenvalue weighted by molar-refractivity contribution is 6.54. The fraction of sp³-hybridized carbons (Fsp3) is 0.125. The smallest absolute Gasteiger partial charge is 0.320 e. The molecular formula is C16H11F3N2O. The number of alkyl halides is 3. The van der Waals surface area contributed by atoms with Crippen molar-refractivity contribution < 1.29 is 18.0 Å². The van der Waals surface area contributed by atoms with Crippen molar-refractivity contribution in [3.8, 4) is 0 Å². The van der Waals surface area contributed by atoms with E-state index in [-0.39, 0.29) is 11.4 Å². The number of aryl methyl sites for hydroxylation is 1. The van der Waals surface area contributed by atoms with E-state index in [1.54, 1.807) is 12.1 Å². The van der Waals surface area contributed by atoms with Gasteiger partial charge in [0.2, 0.25) is 0 Å². The predicted molar refractivity (Wildman–Crippen MR) is 77.4 cm³/mol. The number of anilines is 1. The van der Waals surface area contributed by atoms with Crippen LogP contribution in [0.1, 0.15) is 16.7 Å². The van der Waals surface area contributed by atoms with Crippen molar-refractivity contribution in [1.82, 2.24) is 0 Å². The number of hydrogen-bond donors (Lipinski definition) is 1. The van der Waals surface area contributed by atoms with Crippen LogP contribution in [0.15, 0.2) is 47.5 Å². The van der Waals surface area contributed by atoms with Crippen LogP contribution in [-0.4, -0.2) is 11.6 Å². The first-order valence-corrected chi connectivity index (χ1v) is 6.53. The number of para-hydroxylation sites is 1. The highest BCUT2D eigenvalue weighted by atomic mass is 19.4. The molecule has 3 rings (SSSR count). The molecule has 2 aromatic carbocycles. The molecule has 1 aliphatic rings. The van der Waals surface area contributed by atoms with Gasteiger partial charge in [0.15, 0.2) is 0 Å². The Labute approximate surface area is 124 Å². The Morgan fingerprint density at radius 1 is 1.09 bits per heavy atom. The molecule has 22 heavy (non-hydrogen) atoms. The van der Waals surface area contributed by atoms with Gasteiger partial charge in [0.25, 0.3) is 5.91 Å². The molecule has 0 aliphatic carbocycles. The first-order valence-electron chi connectivity index (χ1n) is 6.53. The standard InChI is InChI=1S/C16H11F3N2O/c1-9-6-7-12-10(8-9)14(15(22)21-12)20-13-5-3-2-4-11(13)16(17,18)19/h2-8H,1H3,(H,20,21,22). The van der Waals surface area contributed by atoms with E-state index in [4.69, 9.17) is 0 Å². The zero-order valence-electron chi connectivity index (χ0n) is 11.5. The molecule has 0 unspecified atom stereocenters. The summed E-state index contributed by atoms with van der Waals surface area (Å²) in [5.41, 5.74) is 0.828. The zero-order chi connectivity index (χ0) is 15.9. The number of nitrogens with one attached hydrogen (secondary N) is 1. The van der Waals surface area contributed by atoms with Crippen LogP contribution in [-0.2, 0) is 11.0 Å². The number of hydrogen-bond acceptors (Lipinski definition) is 2. The maximum atomic E-state index is 13.0. The quantitative estimate of drug-likeness (QED) is 0.847. The molecule has 1 N–H and O–H groups in total. The van der Waals surface area contributed by atoms with Gasteiger partial charge in [-0.1, -0.05) is 23.8 Å². The molecule has 0 aromatic heterocycles. The van der Waals surface area contributed by atoms with Crippen LogP contribution < -0.4 is 5.32 Å². The summed E-state index contributed by atoms with van der Waals surface area (Å²) in [6, 6.07) is 10.2. The van der Waals surface area contributed by atoms with Gasteiger partial charge in [-0.2, -0.15) is 13.2 Å². The van der Waals surface area contributed by atoms with Crippen molar-refractivity contribution in [3.63, 3.8) is 0 Å². The monoisotopic (exact) mass is 304 g/mol. The Morgan fingerprint density at radius 3 is 2.55 bits per heavy atom. The highest BCUT2D eigenvalue weighted by Gasteiger charge is 2.34. The maximum Gasteiger partial charge on any atom is 0.418 e. The van der Waals surface area contributed by atoms with Crippen molar-refractivity contribution >= 4 is 23.0 Å². The number of amides is 1. The maximum absolute atomic E-state index is 13.0. The molecule has 112 valence electrons. The topological polar surface area (TPSA) is 41.5 Å². The Bertz CT molecular complexity index is 794. The van der Waals surface area contributed by atoms with Crippen molar-refractivity contribution in [2.45, 2.75) is 13.1 Å². The van der Waals surface area contributed by atoms with E-state index in [1.807, 2.05) is 13.0 Å².